The summed E-state index contributed by atoms with van der Waals surface area (Å²) < 4.78 is 0. The van der Waals surface area contributed by atoms with E-state index in [4.69, 9.17) is 5.11 Å². The minimum Gasteiger partial charge on any atom is -0.396 e. The zero-order valence-corrected chi connectivity index (χ0v) is 9.06. The van der Waals surface area contributed by atoms with Gasteiger partial charge in [0.25, 0.3) is 0 Å². The fourth-order valence-corrected chi connectivity index (χ4v) is 2.43. The quantitative estimate of drug-likeness (QED) is 0.709. The van der Waals surface area contributed by atoms with Crippen molar-refractivity contribution in [3.05, 3.63) is 12.2 Å². The van der Waals surface area contributed by atoms with Gasteiger partial charge in [0.1, 0.15) is 0 Å². The maximum absolute atomic E-state index is 11.9. The van der Waals surface area contributed by atoms with E-state index in [1.807, 2.05) is 4.90 Å². The van der Waals surface area contributed by atoms with Crippen LogP contribution in [0.5, 0.6) is 0 Å². The molecule has 0 aromatic heterocycles. The van der Waals surface area contributed by atoms with Gasteiger partial charge in [-0.15, -0.1) is 0 Å². The van der Waals surface area contributed by atoms with Crippen molar-refractivity contribution in [2.45, 2.75) is 25.7 Å². The van der Waals surface area contributed by atoms with Gasteiger partial charge in [0.05, 0.1) is 0 Å². The molecule has 0 aromatic rings. The molecule has 2 atom stereocenters. The van der Waals surface area contributed by atoms with Crippen molar-refractivity contribution >= 4 is 5.91 Å². The number of aliphatic hydroxyl groups is 1. The number of carbonyl (C=O) groups excluding carboxylic acids is 1. The van der Waals surface area contributed by atoms with Gasteiger partial charge in [-0.05, 0) is 25.2 Å². The third-order valence-electron chi connectivity index (χ3n) is 3.45. The molecule has 0 aromatic carbocycles. The molecule has 1 heterocycles. The first-order chi connectivity index (χ1) is 7.29. The van der Waals surface area contributed by atoms with Crippen LogP contribution >= 0.6 is 0 Å². The number of rotatable bonds is 3. The fraction of sp³-hybridized carbons (Fsp3) is 0.750. The van der Waals surface area contributed by atoms with Crippen LogP contribution in [0.4, 0.5) is 0 Å². The molecule has 1 amide bonds. The summed E-state index contributed by atoms with van der Waals surface area (Å²) in [6.45, 7) is 1.80. The molecule has 3 heteroatoms. The normalized spacial score (nSPS) is 30.1. The van der Waals surface area contributed by atoms with E-state index in [9.17, 15) is 4.79 Å². The van der Waals surface area contributed by atoms with Gasteiger partial charge in [0, 0.05) is 32.0 Å². The monoisotopic (exact) mass is 209 g/mol. The zero-order chi connectivity index (χ0) is 10.7. The molecule has 84 valence electrons. The van der Waals surface area contributed by atoms with Crippen LogP contribution < -0.4 is 0 Å². The van der Waals surface area contributed by atoms with Gasteiger partial charge >= 0.3 is 0 Å². The van der Waals surface area contributed by atoms with Crippen LogP contribution in [-0.2, 0) is 4.79 Å². The Morgan fingerprint density at radius 2 is 2.33 bits per heavy atom. The lowest BCUT2D eigenvalue weighted by molar-refractivity contribution is -0.131. The maximum atomic E-state index is 11.9. The Morgan fingerprint density at radius 3 is 2.93 bits per heavy atom. The highest BCUT2D eigenvalue weighted by atomic mass is 16.3. The van der Waals surface area contributed by atoms with Gasteiger partial charge in [-0.1, -0.05) is 12.2 Å². The number of aliphatic hydroxyl groups excluding tert-OH is 1. The summed E-state index contributed by atoms with van der Waals surface area (Å²) in [7, 11) is 0. The number of hydrogen-bond acceptors (Lipinski definition) is 2. The van der Waals surface area contributed by atoms with Crippen molar-refractivity contribution in [2.75, 3.05) is 19.7 Å². The van der Waals surface area contributed by atoms with E-state index in [1.165, 1.54) is 0 Å². The predicted octanol–water partition coefficient (Wildman–Crippen LogP) is 1.18. The van der Waals surface area contributed by atoms with Crippen molar-refractivity contribution in [1.29, 1.82) is 0 Å². The third kappa shape index (κ3) is 2.59. The molecule has 2 aliphatic rings. The molecule has 1 N–H and O–H groups in total. The van der Waals surface area contributed by atoms with E-state index in [0.29, 0.717) is 18.3 Å². The van der Waals surface area contributed by atoms with Crippen LogP contribution in [0.2, 0.25) is 0 Å². The van der Waals surface area contributed by atoms with Gasteiger partial charge in [0.2, 0.25) is 5.91 Å². The fourth-order valence-electron chi connectivity index (χ4n) is 2.43. The van der Waals surface area contributed by atoms with Crippen molar-refractivity contribution in [3.8, 4) is 0 Å². The molecule has 1 aliphatic carbocycles. The SMILES string of the molecule is O=C(CC1C=CCC1)N1CCC(CO)C1. The van der Waals surface area contributed by atoms with E-state index >= 15 is 0 Å². The summed E-state index contributed by atoms with van der Waals surface area (Å²) >= 11 is 0. The summed E-state index contributed by atoms with van der Waals surface area (Å²) in [5.74, 6) is 1.04. The van der Waals surface area contributed by atoms with Crippen LogP contribution in [0.3, 0.4) is 0 Å². The minimum absolute atomic E-state index is 0.215. The molecule has 3 nitrogen and oxygen atoms in total. The topological polar surface area (TPSA) is 40.5 Å². The average molecular weight is 209 g/mol. The molecule has 2 rings (SSSR count). The van der Waals surface area contributed by atoms with Gasteiger partial charge in [-0.2, -0.15) is 0 Å². The third-order valence-corrected chi connectivity index (χ3v) is 3.45. The highest BCUT2D eigenvalue weighted by Crippen LogP contribution is 2.23. The number of hydrogen-bond donors (Lipinski definition) is 1. The molecule has 1 aliphatic heterocycles. The molecule has 0 spiro atoms. The van der Waals surface area contributed by atoms with Crippen LogP contribution in [0.1, 0.15) is 25.7 Å². The lowest BCUT2D eigenvalue weighted by Gasteiger charge is -2.17. The molecular weight excluding hydrogens is 190 g/mol. The second-order valence-electron chi connectivity index (χ2n) is 4.65. The lowest BCUT2D eigenvalue weighted by atomic mass is 10.0. The second-order valence-corrected chi connectivity index (χ2v) is 4.65. The standard InChI is InChI=1S/C12H19NO2/c14-9-11-5-6-13(8-11)12(15)7-10-3-1-2-4-10/h1,3,10-11,14H,2,4-9H2. The predicted molar refractivity (Wildman–Crippen MR) is 58.3 cm³/mol. The largest absolute Gasteiger partial charge is 0.396 e. The molecule has 15 heavy (non-hydrogen) atoms. The Balaban J connectivity index is 1.78. The summed E-state index contributed by atoms with van der Waals surface area (Å²) in [6.07, 6.45) is 8.20. The first-order valence-electron chi connectivity index (χ1n) is 5.85. The molecule has 1 saturated heterocycles. The summed E-state index contributed by atoms with van der Waals surface area (Å²) in [5.41, 5.74) is 0. The van der Waals surface area contributed by atoms with Crippen LogP contribution in [0.25, 0.3) is 0 Å². The highest BCUT2D eigenvalue weighted by Gasteiger charge is 2.26. The van der Waals surface area contributed by atoms with Crippen LogP contribution in [0, 0.1) is 11.8 Å². The van der Waals surface area contributed by atoms with E-state index in [2.05, 4.69) is 12.2 Å². The Kier molecular flexibility index (Phi) is 3.41. The first-order valence-corrected chi connectivity index (χ1v) is 5.85. The minimum atomic E-state index is 0.215. The molecule has 0 bridgehead atoms. The molecule has 1 fully saturated rings. The smallest absolute Gasteiger partial charge is 0.223 e. The second kappa shape index (κ2) is 4.79. The maximum Gasteiger partial charge on any atom is 0.223 e. The van der Waals surface area contributed by atoms with Gasteiger partial charge in [-0.3, -0.25) is 4.79 Å². The highest BCUT2D eigenvalue weighted by molar-refractivity contribution is 5.77. The van der Waals surface area contributed by atoms with Crippen LogP contribution in [0.15, 0.2) is 12.2 Å². The summed E-state index contributed by atoms with van der Waals surface area (Å²) in [5, 5.41) is 9.00. The lowest BCUT2D eigenvalue weighted by Crippen LogP contribution is -2.30. The van der Waals surface area contributed by atoms with Crippen LogP contribution in [-0.4, -0.2) is 35.6 Å². The van der Waals surface area contributed by atoms with Gasteiger partial charge < -0.3 is 10.0 Å². The Hall–Kier alpha value is -0.830. The van der Waals surface area contributed by atoms with Gasteiger partial charge in [-0.25, -0.2) is 0 Å². The van der Waals surface area contributed by atoms with Gasteiger partial charge in [0.15, 0.2) is 0 Å². The summed E-state index contributed by atoms with van der Waals surface area (Å²) in [4.78, 5) is 13.8. The zero-order valence-electron chi connectivity index (χ0n) is 9.06. The number of allylic oxidation sites excluding steroid dienone is 2. The Morgan fingerprint density at radius 1 is 1.47 bits per heavy atom. The van der Waals surface area contributed by atoms with Crippen molar-refractivity contribution in [2.24, 2.45) is 11.8 Å². The molecule has 0 saturated carbocycles. The van der Waals surface area contributed by atoms with Crippen molar-refractivity contribution in [1.82, 2.24) is 4.90 Å². The molecule has 2 unspecified atom stereocenters. The number of likely N-dealkylation sites (tertiary alicyclic amines) is 1. The molecule has 0 radical (unpaired) electrons. The number of nitrogens with zero attached hydrogens (tertiary/aromatic N) is 1. The average Bonchev–Trinajstić information content (AvgIpc) is 2.86. The van der Waals surface area contributed by atoms with E-state index in [0.717, 1.165) is 32.4 Å². The Bertz CT molecular complexity index is 262. The number of amides is 1. The first kappa shape index (κ1) is 10.7. The van der Waals surface area contributed by atoms with E-state index < -0.39 is 0 Å². The number of carbonyl (C=O) groups is 1. The van der Waals surface area contributed by atoms with E-state index in [1.54, 1.807) is 0 Å². The van der Waals surface area contributed by atoms with Crippen molar-refractivity contribution < 1.29 is 9.90 Å². The van der Waals surface area contributed by atoms with E-state index in [-0.39, 0.29) is 12.5 Å². The van der Waals surface area contributed by atoms with Crippen molar-refractivity contribution in [3.63, 3.8) is 0 Å². The Labute approximate surface area is 90.8 Å². The molecular formula is C12H19NO2. The summed E-state index contributed by atoms with van der Waals surface area (Å²) in [6, 6.07) is 0.